The van der Waals surface area contributed by atoms with Crippen LogP contribution < -0.4 is 16.0 Å². The van der Waals surface area contributed by atoms with Crippen LogP contribution in [0.15, 0.2) is 104 Å². The van der Waals surface area contributed by atoms with Crippen LogP contribution in [0.2, 0.25) is 0 Å². The molecule has 0 saturated carbocycles. The van der Waals surface area contributed by atoms with Gasteiger partial charge in [0.1, 0.15) is 0 Å². The third kappa shape index (κ3) is 5.52. The highest BCUT2D eigenvalue weighted by Gasteiger charge is 2.21. The van der Waals surface area contributed by atoms with Gasteiger partial charge in [0.25, 0.3) is 0 Å². The van der Waals surface area contributed by atoms with Crippen molar-refractivity contribution in [3.8, 4) is 0 Å². The van der Waals surface area contributed by atoms with Crippen molar-refractivity contribution in [2.75, 3.05) is 16.0 Å². The Morgan fingerprint density at radius 3 is 2.29 bits per heavy atom. The van der Waals surface area contributed by atoms with Crippen LogP contribution in [0.5, 0.6) is 0 Å². The van der Waals surface area contributed by atoms with Gasteiger partial charge in [-0.05, 0) is 83.3 Å². The molecule has 0 fully saturated rings. The number of fused-ring (bicyclic) bond motifs is 2. The number of nitrogen functional groups attached to an aromatic ring is 1. The first kappa shape index (κ1) is 25.4. The van der Waals surface area contributed by atoms with E-state index in [4.69, 9.17) is 5.73 Å². The lowest BCUT2D eigenvalue weighted by atomic mass is 9.96. The number of para-hydroxylation sites is 1. The van der Waals surface area contributed by atoms with Crippen LogP contribution in [0, 0.1) is 5.92 Å². The highest BCUT2D eigenvalue weighted by atomic mass is 15.1. The zero-order valence-electron chi connectivity index (χ0n) is 22.5. The molecule has 1 aliphatic rings. The minimum Gasteiger partial charge on any atom is -0.399 e. The summed E-state index contributed by atoms with van der Waals surface area (Å²) in [5.41, 5.74) is 18.4. The monoisotopic (exact) mass is 499 g/mol. The van der Waals surface area contributed by atoms with Gasteiger partial charge in [-0.3, -0.25) is 0 Å². The summed E-state index contributed by atoms with van der Waals surface area (Å²) in [4.78, 5) is 2.34. The van der Waals surface area contributed by atoms with Crippen LogP contribution in [0.4, 0.5) is 17.1 Å². The van der Waals surface area contributed by atoms with Crippen LogP contribution in [-0.2, 0) is 19.4 Å². The van der Waals surface area contributed by atoms with E-state index in [-0.39, 0.29) is 0 Å². The summed E-state index contributed by atoms with van der Waals surface area (Å²) in [6, 6.07) is 32.0. The molecular weight excluding hydrogens is 462 g/mol. The van der Waals surface area contributed by atoms with Gasteiger partial charge in [0.05, 0.1) is 0 Å². The van der Waals surface area contributed by atoms with Gasteiger partial charge in [-0.2, -0.15) is 0 Å². The molecular formula is C35H37N3. The van der Waals surface area contributed by atoms with Gasteiger partial charge in [-0.15, -0.1) is 0 Å². The predicted molar refractivity (Wildman–Crippen MR) is 164 cm³/mol. The van der Waals surface area contributed by atoms with Crippen LogP contribution >= 0.6 is 0 Å². The van der Waals surface area contributed by atoms with E-state index >= 15 is 0 Å². The molecule has 38 heavy (non-hydrogen) atoms. The van der Waals surface area contributed by atoms with Gasteiger partial charge in [0.15, 0.2) is 0 Å². The predicted octanol–water partition coefficient (Wildman–Crippen LogP) is 8.52. The lowest BCUT2D eigenvalue weighted by Crippen LogP contribution is -2.20. The Balaban J connectivity index is 1.36. The number of anilines is 3. The first-order valence-electron chi connectivity index (χ1n) is 13.5. The standard InChI is InChI=1S/C35H37N3/c1-24(2)13-14-28-15-18-32(36)22-34(28)25(3)37-33-19-16-27(17-20-33)26(4)38-23-31-11-6-5-9-29(31)21-30-10-7-8-12-35(30)38/h5-12,15-20,22,24,37H,3-4,13-14,21,23,36H2,1-2H3. The van der Waals surface area contributed by atoms with Crippen molar-refractivity contribution >= 4 is 28.5 Å². The molecule has 0 aromatic heterocycles. The van der Waals surface area contributed by atoms with Crippen molar-refractivity contribution in [3.05, 3.63) is 138 Å². The summed E-state index contributed by atoms with van der Waals surface area (Å²) in [5, 5.41) is 3.50. The molecule has 0 atom stereocenters. The summed E-state index contributed by atoms with van der Waals surface area (Å²) in [7, 11) is 0. The zero-order chi connectivity index (χ0) is 26.6. The molecule has 0 saturated heterocycles. The van der Waals surface area contributed by atoms with E-state index in [0.29, 0.717) is 5.92 Å². The van der Waals surface area contributed by atoms with Gasteiger partial charge < -0.3 is 16.0 Å². The number of nitrogens with one attached hydrogen (secondary N) is 1. The van der Waals surface area contributed by atoms with E-state index in [1.165, 1.54) is 27.9 Å². The van der Waals surface area contributed by atoms with Crippen LogP contribution in [0.1, 0.15) is 53.6 Å². The second-order valence-electron chi connectivity index (χ2n) is 10.6. The van der Waals surface area contributed by atoms with E-state index in [9.17, 15) is 0 Å². The fourth-order valence-corrected chi connectivity index (χ4v) is 5.19. The number of aryl methyl sites for hydroxylation is 1. The van der Waals surface area contributed by atoms with Gasteiger partial charge >= 0.3 is 0 Å². The normalized spacial score (nSPS) is 12.4. The van der Waals surface area contributed by atoms with Gasteiger partial charge in [-0.25, -0.2) is 0 Å². The topological polar surface area (TPSA) is 41.3 Å². The second-order valence-corrected chi connectivity index (χ2v) is 10.6. The Morgan fingerprint density at radius 1 is 0.868 bits per heavy atom. The number of nitrogens with zero attached hydrogens (tertiary/aromatic N) is 1. The van der Waals surface area contributed by atoms with Crippen molar-refractivity contribution in [2.24, 2.45) is 5.92 Å². The molecule has 3 nitrogen and oxygen atoms in total. The fourth-order valence-electron chi connectivity index (χ4n) is 5.19. The van der Waals surface area contributed by atoms with Gasteiger partial charge in [-0.1, -0.05) is 87.7 Å². The minimum atomic E-state index is 0.645. The Kier molecular flexibility index (Phi) is 7.37. The molecule has 0 radical (unpaired) electrons. The van der Waals surface area contributed by atoms with Crippen LogP contribution in [-0.4, -0.2) is 0 Å². The van der Waals surface area contributed by atoms with E-state index in [0.717, 1.165) is 59.7 Å². The molecule has 0 amide bonds. The first-order chi connectivity index (χ1) is 18.4. The fraction of sp³-hybridized carbons (Fsp3) is 0.200. The molecule has 0 unspecified atom stereocenters. The second kappa shape index (κ2) is 11.0. The number of nitrogens with two attached hydrogens (primary N) is 1. The number of hydrogen-bond acceptors (Lipinski definition) is 3. The summed E-state index contributed by atoms with van der Waals surface area (Å²) in [6.45, 7) is 14.2. The SMILES string of the molecule is C=C(Nc1ccc(C(=C)N2Cc3ccccc3Cc3ccccc32)cc1)c1cc(N)ccc1CCC(C)C. The quantitative estimate of drug-likeness (QED) is 0.239. The molecule has 4 aromatic rings. The molecule has 3 heteroatoms. The molecule has 5 rings (SSSR count). The lowest BCUT2D eigenvalue weighted by Gasteiger charge is -2.28. The number of hydrogen-bond donors (Lipinski definition) is 2. The molecule has 1 heterocycles. The highest BCUT2D eigenvalue weighted by Crippen LogP contribution is 2.35. The zero-order valence-corrected chi connectivity index (χ0v) is 22.5. The summed E-state index contributed by atoms with van der Waals surface area (Å²) in [6.07, 6.45) is 3.07. The highest BCUT2D eigenvalue weighted by molar-refractivity contribution is 5.82. The average molecular weight is 500 g/mol. The lowest BCUT2D eigenvalue weighted by molar-refractivity contribution is 0.586. The van der Waals surface area contributed by atoms with Crippen molar-refractivity contribution < 1.29 is 0 Å². The Bertz CT molecular complexity index is 1460. The van der Waals surface area contributed by atoms with Crippen molar-refractivity contribution in [3.63, 3.8) is 0 Å². The minimum absolute atomic E-state index is 0.645. The summed E-state index contributed by atoms with van der Waals surface area (Å²) >= 11 is 0. The average Bonchev–Trinajstić information content (AvgIpc) is 3.09. The Hall–Kier alpha value is -4.24. The van der Waals surface area contributed by atoms with E-state index < -0.39 is 0 Å². The molecule has 0 bridgehead atoms. The maximum atomic E-state index is 6.13. The Morgan fingerprint density at radius 2 is 1.55 bits per heavy atom. The molecule has 192 valence electrons. The maximum Gasteiger partial charge on any atom is 0.0484 e. The summed E-state index contributed by atoms with van der Waals surface area (Å²) < 4.78 is 0. The first-order valence-corrected chi connectivity index (χ1v) is 13.5. The Labute approximate surface area is 227 Å². The largest absolute Gasteiger partial charge is 0.399 e. The van der Waals surface area contributed by atoms with E-state index in [1.54, 1.807) is 0 Å². The van der Waals surface area contributed by atoms with Crippen molar-refractivity contribution in [2.45, 2.75) is 39.7 Å². The van der Waals surface area contributed by atoms with Gasteiger partial charge in [0.2, 0.25) is 0 Å². The van der Waals surface area contributed by atoms with Crippen molar-refractivity contribution in [1.29, 1.82) is 0 Å². The summed E-state index contributed by atoms with van der Waals surface area (Å²) in [5.74, 6) is 0.645. The molecule has 3 N–H and O–H groups in total. The van der Waals surface area contributed by atoms with Crippen LogP contribution in [0.3, 0.4) is 0 Å². The maximum absolute atomic E-state index is 6.13. The third-order valence-corrected chi connectivity index (χ3v) is 7.40. The molecule has 0 aliphatic carbocycles. The number of benzene rings is 4. The number of rotatable bonds is 8. The molecule has 1 aliphatic heterocycles. The molecule has 0 spiro atoms. The smallest absolute Gasteiger partial charge is 0.0484 e. The van der Waals surface area contributed by atoms with E-state index in [1.807, 2.05) is 12.1 Å². The molecule has 4 aromatic carbocycles. The van der Waals surface area contributed by atoms with Gasteiger partial charge in [0, 0.05) is 40.6 Å². The van der Waals surface area contributed by atoms with E-state index in [2.05, 4.69) is 116 Å². The van der Waals surface area contributed by atoms with Crippen molar-refractivity contribution in [1.82, 2.24) is 0 Å². The van der Waals surface area contributed by atoms with Crippen LogP contribution in [0.25, 0.3) is 11.4 Å². The third-order valence-electron chi connectivity index (χ3n) is 7.40.